The minimum absolute atomic E-state index is 0.466. The van der Waals surface area contributed by atoms with Gasteiger partial charge in [-0.2, -0.15) is 5.10 Å². The number of aryl methyl sites for hydroxylation is 1. The largest absolute Gasteiger partial charge is 0.378 e. The van der Waals surface area contributed by atoms with E-state index in [4.69, 9.17) is 14.8 Å². The van der Waals surface area contributed by atoms with Crippen LogP contribution >= 0.6 is 11.3 Å². The second kappa shape index (κ2) is 7.81. The highest BCUT2D eigenvalue weighted by atomic mass is 32.1. The summed E-state index contributed by atoms with van der Waals surface area (Å²) < 4.78 is 7.42. The van der Waals surface area contributed by atoms with E-state index in [1.54, 1.807) is 0 Å². The molecule has 0 bridgehead atoms. The highest BCUT2D eigenvalue weighted by Crippen LogP contribution is 2.28. The molecule has 5 rings (SSSR count). The molecule has 0 radical (unpaired) electrons. The number of fused-ring (bicyclic) bond motifs is 1. The van der Waals surface area contributed by atoms with Crippen LogP contribution in [0.5, 0.6) is 0 Å². The molecule has 0 amide bonds. The van der Waals surface area contributed by atoms with Crippen molar-refractivity contribution in [3.8, 4) is 0 Å². The summed E-state index contributed by atoms with van der Waals surface area (Å²) in [7, 11) is 0. The standard InChI is InChI=1S/C21H27N5OS/c1-16-2-4-19(28-16)15-24-8-6-17(7-9-24)21-22-20-5-3-18(14-26(20)23-21)25-10-12-27-13-11-25/h2-5,14,17H,6-13,15H2,1H3. The van der Waals surface area contributed by atoms with E-state index in [9.17, 15) is 0 Å². The fourth-order valence-electron chi connectivity index (χ4n) is 4.21. The van der Waals surface area contributed by atoms with Crippen LogP contribution in [0.25, 0.3) is 5.65 Å². The molecule has 6 nitrogen and oxygen atoms in total. The molecular weight excluding hydrogens is 370 g/mol. The Hall–Kier alpha value is -1.96. The fraction of sp³-hybridized carbons (Fsp3) is 0.524. The number of aromatic nitrogens is 3. The molecule has 0 aliphatic carbocycles. The smallest absolute Gasteiger partial charge is 0.155 e. The van der Waals surface area contributed by atoms with Gasteiger partial charge in [-0.3, -0.25) is 4.90 Å². The van der Waals surface area contributed by atoms with Crippen LogP contribution in [-0.4, -0.2) is 58.9 Å². The maximum atomic E-state index is 5.46. The Balaban J connectivity index is 1.25. The van der Waals surface area contributed by atoms with Gasteiger partial charge in [0.2, 0.25) is 0 Å². The van der Waals surface area contributed by atoms with Crippen molar-refractivity contribution in [1.29, 1.82) is 0 Å². The van der Waals surface area contributed by atoms with Crippen molar-refractivity contribution in [2.75, 3.05) is 44.3 Å². The first-order valence-corrected chi connectivity index (χ1v) is 11.0. The van der Waals surface area contributed by atoms with E-state index in [2.05, 4.69) is 47.2 Å². The van der Waals surface area contributed by atoms with Gasteiger partial charge in [-0.15, -0.1) is 11.3 Å². The van der Waals surface area contributed by atoms with E-state index >= 15 is 0 Å². The van der Waals surface area contributed by atoms with E-state index in [0.29, 0.717) is 5.92 Å². The lowest BCUT2D eigenvalue weighted by Crippen LogP contribution is -2.36. The average Bonchev–Trinajstić information content (AvgIpc) is 3.34. The van der Waals surface area contributed by atoms with Crippen molar-refractivity contribution < 1.29 is 4.74 Å². The summed E-state index contributed by atoms with van der Waals surface area (Å²) in [6.45, 7) is 8.97. The predicted octanol–water partition coefficient (Wildman–Crippen LogP) is 3.32. The summed E-state index contributed by atoms with van der Waals surface area (Å²) in [6, 6.07) is 8.74. The molecule has 0 N–H and O–H groups in total. The van der Waals surface area contributed by atoms with Crippen LogP contribution in [0, 0.1) is 6.92 Å². The zero-order valence-corrected chi connectivity index (χ0v) is 17.2. The lowest BCUT2D eigenvalue weighted by molar-refractivity contribution is 0.122. The van der Waals surface area contributed by atoms with Crippen molar-refractivity contribution in [2.24, 2.45) is 0 Å². The fourth-order valence-corrected chi connectivity index (χ4v) is 5.14. The van der Waals surface area contributed by atoms with E-state index < -0.39 is 0 Å². The number of rotatable bonds is 4. The van der Waals surface area contributed by atoms with Crippen LogP contribution < -0.4 is 4.90 Å². The molecule has 0 spiro atoms. The van der Waals surface area contributed by atoms with E-state index in [-0.39, 0.29) is 0 Å². The third-order valence-corrected chi connectivity index (χ3v) is 6.82. The summed E-state index contributed by atoms with van der Waals surface area (Å²) in [6.07, 6.45) is 4.39. The van der Waals surface area contributed by atoms with Gasteiger partial charge in [0, 0.05) is 35.3 Å². The third kappa shape index (κ3) is 3.79. The number of ether oxygens (including phenoxy) is 1. The minimum atomic E-state index is 0.466. The van der Waals surface area contributed by atoms with Crippen LogP contribution in [-0.2, 0) is 11.3 Å². The number of morpholine rings is 1. The number of hydrogen-bond donors (Lipinski definition) is 0. The molecular formula is C21H27N5OS. The Morgan fingerprint density at radius 3 is 2.64 bits per heavy atom. The number of hydrogen-bond acceptors (Lipinski definition) is 6. The molecule has 2 fully saturated rings. The van der Waals surface area contributed by atoms with E-state index in [0.717, 1.165) is 70.3 Å². The summed E-state index contributed by atoms with van der Waals surface area (Å²) >= 11 is 1.91. The molecule has 0 unspecified atom stereocenters. The summed E-state index contributed by atoms with van der Waals surface area (Å²) in [4.78, 5) is 12.6. The van der Waals surface area contributed by atoms with Crippen molar-refractivity contribution in [1.82, 2.24) is 19.5 Å². The summed E-state index contributed by atoms with van der Waals surface area (Å²) in [5.41, 5.74) is 2.15. The van der Waals surface area contributed by atoms with Gasteiger partial charge in [0.15, 0.2) is 11.5 Å². The van der Waals surface area contributed by atoms with Gasteiger partial charge in [0.05, 0.1) is 25.1 Å². The van der Waals surface area contributed by atoms with Gasteiger partial charge in [-0.1, -0.05) is 0 Å². The minimum Gasteiger partial charge on any atom is -0.378 e. The molecule has 28 heavy (non-hydrogen) atoms. The van der Waals surface area contributed by atoms with Crippen molar-refractivity contribution in [3.63, 3.8) is 0 Å². The lowest BCUT2D eigenvalue weighted by atomic mass is 9.96. The molecule has 148 valence electrons. The molecule has 0 atom stereocenters. The highest BCUT2D eigenvalue weighted by molar-refractivity contribution is 7.11. The zero-order chi connectivity index (χ0) is 18.9. The van der Waals surface area contributed by atoms with Gasteiger partial charge in [-0.25, -0.2) is 9.50 Å². The molecule has 5 heterocycles. The van der Waals surface area contributed by atoms with Crippen LogP contribution in [0.15, 0.2) is 30.5 Å². The van der Waals surface area contributed by atoms with E-state index in [1.807, 2.05) is 15.9 Å². The molecule has 2 aliphatic heterocycles. The number of pyridine rings is 1. The molecule has 2 aliphatic rings. The van der Waals surface area contributed by atoms with Gasteiger partial charge >= 0.3 is 0 Å². The Bertz CT molecular complexity index is 937. The van der Waals surface area contributed by atoms with Crippen molar-refractivity contribution >= 4 is 22.7 Å². The van der Waals surface area contributed by atoms with Gasteiger partial charge in [-0.05, 0) is 57.1 Å². The normalized spacial score (nSPS) is 19.5. The number of likely N-dealkylation sites (tertiary alicyclic amines) is 1. The Kier molecular flexibility index (Phi) is 5.05. The van der Waals surface area contributed by atoms with Gasteiger partial charge in [0.25, 0.3) is 0 Å². The maximum Gasteiger partial charge on any atom is 0.155 e. The Morgan fingerprint density at radius 2 is 1.89 bits per heavy atom. The maximum absolute atomic E-state index is 5.46. The van der Waals surface area contributed by atoms with Crippen molar-refractivity contribution in [2.45, 2.75) is 32.2 Å². The van der Waals surface area contributed by atoms with Crippen molar-refractivity contribution in [3.05, 3.63) is 46.0 Å². The number of thiophene rings is 1. The lowest BCUT2D eigenvalue weighted by Gasteiger charge is -2.30. The Morgan fingerprint density at radius 1 is 1.07 bits per heavy atom. The molecule has 3 aromatic heterocycles. The van der Waals surface area contributed by atoms with Gasteiger partial charge < -0.3 is 9.64 Å². The predicted molar refractivity (Wildman–Crippen MR) is 112 cm³/mol. The summed E-state index contributed by atoms with van der Waals surface area (Å²) in [5.74, 6) is 1.47. The van der Waals surface area contributed by atoms with Gasteiger partial charge in [0.1, 0.15) is 0 Å². The summed E-state index contributed by atoms with van der Waals surface area (Å²) in [5, 5.41) is 4.84. The SMILES string of the molecule is Cc1ccc(CN2CCC(c3nc4ccc(N5CCOCC5)cn4n3)CC2)s1. The second-order valence-corrected chi connectivity index (χ2v) is 9.19. The highest BCUT2D eigenvalue weighted by Gasteiger charge is 2.24. The van der Waals surface area contributed by atoms with Crippen LogP contribution in [0.4, 0.5) is 5.69 Å². The topological polar surface area (TPSA) is 45.9 Å². The van der Waals surface area contributed by atoms with E-state index in [1.165, 1.54) is 15.4 Å². The third-order valence-electron chi connectivity index (χ3n) is 5.84. The molecule has 0 aromatic carbocycles. The number of piperidine rings is 1. The molecule has 0 saturated carbocycles. The number of nitrogens with zero attached hydrogens (tertiary/aromatic N) is 5. The van der Waals surface area contributed by atoms with Crippen LogP contribution in [0.3, 0.4) is 0 Å². The molecule has 7 heteroatoms. The Labute approximate surface area is 169 Å². The quantitative estimate of drug-likeness (QED) is 0.676. The first-order chi connectivity index (χ1) is 13.7. The molecule has 3 aromatic rings. The monoisotopic (exact) mass is 397 g/mol. The zero-order valence-electron chi connectivity index (χ0n) is 16.4. The second-order valence-electron chi connectivity index (χ2n) is 7.82. The molecule has 2 saturated heterocycles. The van der Waals surface area contributed by atoms with Crippen LogP contribution in [0.2, 0.25) is 0 Å². The average molecular weight is 398 g/mol. The van der Waals surface area contributed by atoms with Crippen LogP contribution in [0.1, 0.15) is 34.3 Å². The first kappa shape index (κ1) is 18.1. The number of anilines is 1. The first-order valence-electron chi connectivity index (χ1n) is 10.2.